The van der Waals surface area contributed by atoms with E-state index >= 15 is 0 Å². The summed E-state index contributed by atoms with van der Waals surface area (Å²) in [7, 11) is 3.12. The zero-order valence-corrected chi connectivity index (χ0v) is 15.1. The van der Waals surface area contributed by atoms with E-state index < -0.39 is 5.54 Å². The molecule has 0 fully saturated rings. The third kappa shape index (κ3) is 3.99. The molecule has 0 bridgehead atoms. The molecule has 0 aliphatic heterocycles. The SMILES string of the molecule is COc1cc(C)c(NC(=O)C(C)(N)c2ccccc2)cc1OC.Cl. The summed E-state index contributed by atoms with van der Waals surface area (Å²) in [5.74, 6) is 0.868. The van der Waals surface area contributed by atoms with Crippen LogP contribution in [0.4, 0.5) is 5.69 Å². The Balaban J connectivity index is 0.00000288. The predicted molar refractivity (Wildman–Crippen MR) is 98.1 cm³/mol. The standard InChI is InChI=1S/C18H22N2O3.ClH/c1-12-10-15(22-3)16(23-4)11-14(12)20-17(21)18(2,19)13-8-6-5-7-9-13;/h5-11H,19H2,1-4H3,(H,20,21);1H. The van der Waals surface area contributed by atoms with E-state index in [1.54, 1.807) is 27.2 Å². The monoisotopic (exact) mass is 350 g/mol. The van der Waals surface area contributed by atoms with Crippen LogP contribution < -0.4 is 20.5 Å². The maximum Gasteiger partial charge on any atom is 0.248 e. The Hall–Kier alpha value is -2.24. The Morgan fingerprint density at radius 1 is 1.08 bits per heavy atom. The van der Waals surface area contributed by atoms with Crippen LogP contribution in [0.5, 0.6) is 11.5 Å². The number of carbonyl (C=O) groups excluding carboxylic acids is 1. The minimum absolute atomic E-state index is 0. The molecule has 2 aromatic rings. The lowest BCUT2D eigenvalue weighted by Gasteiger charge is -2.25. The first-order valence-corrected chi connectivity index (χ1v) is 7.28. The van der Waals surface area contributed by atoms with Crippen molar-refractivity contribution in [2.45, 2.75) is 19.4 Å². The van der Waals surface area contributed by atoms with Gasteiger partial charge in [0, 0.05) is 11.8 Å². The van der Waals surface area contributed by atoms with Gasteiger partial charge in [0.05, 0.1) is 14.2 Å². The van der Waals surface area contributed by atoms with E-state index in [1.807, 2.05) is 43.3 Å². The van der Waals surface area contributed by atoms with Crippen molar-refractivity contribution in [2.24, 2.45) is 5.73 Å². The highest BCUT2D eigenvalue weighted by Crippen LogP contribution is 2.33. The van der Waals surface area contributed by atoms with Crippen LogP contribution in [-0.4, -0.2) is 20.1 Å². The lowest BCUT2D eigenvalue weighted by atomic mass is 9.92. The number of carbonyl (C=O) groups is 1. The molecule has 5 nitrogen and oxygen atoms in total. The molecule has 2 aromatic carbocycles. The Bertz CT molecular complexity index is 703. The molecule has 130 valence electrons. The van der Waals surface area contributed by atoms with E-state index in [0.717, 1.165) is 11.1 Å². The molecular weight excluding hydrogens is 328 g/mol. The molecule has 1 amide bonds. The molecule has 6 heteroatoms. The van der Waals surface area contributed by atoms with Gasteiger partial charge < -0.3 is 20.5 Å². The van der Waals surface area contributed by atoms with Crippen molar-refractivity contribution in [1.82, 2.24) is 0 Å². The summed E-state index contributed by atoms with van der Waals surface area (Å²) in [6.45, 7) is 3.57. The fraction of sp³-hybridized carbons (Fsp3) is 0.278. The minimum Gasteiger partial charge on any atom is -0.493 e. The molecule has 0 saturated heterocycles. The molecule has 0 spiro atoms. The second-order valence-corrected chi connectivity index (χ2v) is 5.54. The number of anilines is 1. The summed E-state index contributed by atoms with van der Waals surface area (Å²) < 4.78 is 10.5. The molecule has 2 rings (SSSR count). The van der Waals surface area contributed by atoms with Crippen molar-refractivity contribution in [2.75, 3.05) is 19.5 Å². The number of ether oxygens (including phenoxy) is 2. The average Bonchev–Trinajstić information content (AvgIpc) is 2.56. The van der Waals surface area contributed by atoms with Gasteiger partial charge in [0.25, 0.3) is 0 Å². The van der Waals surface area contributed by atoms with Crippen LogP contribution in [0.15, 0.2) is 42.5 Å². The number of benzene rings is 2. The molecule has 1 atom stereocenters. The van der Waals surface area contributed by atoms with Gasteiger partial charge in [0.15, 0.2) is 11.5 Å². The smallest absolute Gasteiger partial charge is 0.248 e. The third-order valence-electron chi connectivity index (χ3n) is 3.82. The van der Waals surface area contributed by atoms with E-state index in [0.29, 0.717) is 17.2 Å². The van der Waals surface area contributed by atoms with E-state index in [9.17, 15) is 4.79 Å². The summed E-state index contributed by atoms with van der Waals surface area (Å²) in [6.07, 6.45) is 0. The first-order valence-electron chi connectivity index (χ1n) is 7.28. The zero-order valence-electron chi connectivity index (χ0n) is 14.3. The fourth-order valence-corrected chi connectivity index (χ4v) is 2.28. The van der Waals surface area contributed by atoms with Crippen LogP contribution in [-0.2, 0) is 10.3 Å². The molecule has 24 heavy (non-hydrogen) atoms. The summed E-state index contributed by atoms with van der Waals surface area (Å²) >= 11 is 0. The number of hydrogen-bond donors (Lipinski definition) is 2. The van der Waals surface area contributed by atoms with Crippen molar-refractivity contribution in [3.8, 4) is 11.5 Å². The Morgan fingerprint density at radius 2 is 1.62 bits per heavy atom. The van der Waals surface area contributed by atoms with Gasteiger partial charge in [0.1, 0.15) is 5.54 Å². The van der Waals surface area contributed by atoms with Gasteiger partial charge >= 0.3 is 0 Å². The number of amides is 1. The van der Waals surface area contributed by atoms with Crippen LogP contribution in [0, 0.1) is 6.92 Å². The molecule has 3 N–H and O–H groups in total. The van der Waals surface area contributed by atoms with Crippen LogP contribution >= 0.6 is 12.4 Å². The topological polar surface area (TPSA) is 73.6 Å². The fourth-order valence-electron chi connectivity index (χ4n) is 2.28. The molecule has 0 heterocycles. The van der Waals surface area contributed by atoms with E-state index in [-0.39, 0.29) is 18.3 Å². The zero-order chi connectivity index (χ0) is 17.0. The number of nitrogens with two attached hydrogens (primary N) is 1. The number of nitrogens with one attached hydrogen (secondary N) is 1. The molecule has 0 aromatic heterocycles. The van der Waals surface area contributed by atoms with Gasteiger partial charge in [-0.05, 0) is 31.0 Å². The van der Waals surface area contributed by atoms with Crippen molar-refractivity contribution in [1.29, 1.82) is 0 Å². The highest BCUT2D eigenvalue weighted by atomic mass is 35.5. The van der Waals surface area contributed by atoms with Crippen LogP contribution in [0.1, 0.15) is 18.1 Å². The Morgan fingerprint density at radius 3 is 2.17 bits per heavy atom. The van der Waals surface area contributed by atoms with Crippen molar-refractivity contribution < 1.29 is 14.3 Å². The molecule has 0 radical (unpaired) electrons. The highest BCUT2D eigenvalue weighted by Gasteiger charge is 2.30. The lowest BCUT2D eigenvalue weighted by Crippen LogP contribution is -2.45. The Kier molecular flexibility index (Phi) is 6.63. The second-order valence-electron chi connectivity index (χ2n) is 5.54. The minimum atomic E-state index is -1.14. The number of hydrogen-bond acceptors (Lipinski definition) is 4. The van der Waals surface area contributed by atoms with E-state index in [4.69, 9.17) is 15.2 Å². The summed E-state index contributed by atoms with van der Waals surface area (Å²) in [4.78, 5) is 12.6. The molecular formula is C18H23ClN2O3. The van der Waals surface area contributed by atoms with Gasteiger partial charge in [-0.2, -0.15) is 0 Å². The number of methoxy groups -OCH3 is 2. The van der Waals surface area contributed by atoms with Crippen LogP contribution in [0.2, 0.25) is 0 Å². The summed E-state index contributed by atoms with van der Waals surface area (Å²) in [5.41, 5.74) is 7.35. The molecule has 0 saturated carbocycles. The van der Waals surface area contributed by atoms with Gasteiger partial charge in [-0.3, -0.25) is 4.79 Å². The van der Waals surface area contributed by atoms with Crippen molar-refractivity contribution in [3.05, 3.63) is 53.6 Å². The van der Waals surface area contributed by atoms with Crippen LogP contribution in [0.25, 0.3) is 0 Å². The average molecular weight is 351 g/mol. The van der Waals surface area contributed by atoms with E-state index in [1.165, 1.54) is 0 Å². The maximum absolute atomic E-state index is 12.6. The normalized spacial score (nSPS) is 12.5. The van der Waals surface area contributed by atoms with Crippen molar-refractivity contribution in [3.63, 3.8) is 0 Å². The van der Waals surface area contributed by atoms with E-state index in [2.05, 4.69) is 5.32 Å². The quantitative estimate of drug-likeness (QED) is 0.868. The maximum atomic E-state index is 12.6. The highest BCUT2D eigenvalue weighted by molar-refractivity contribution is 5.99. The van der Waals surface area contributed by atoms with Gasteiger partial charge in [-0.15, -0.1) is 12.4 Å². The van der Waals surface area contributed by atoms with Gasteiger partial charge in [-0.25, -0.2) is 0 Å². The first kappa shape index (κ1) is 19.8. The van der Waals surface area contributed by atoms with Gasteiger partial charge in [0.2, 0.25) is 5.91 Å². The molecule has 0 aliphatic rings. The summed E-state index contributed by atoms with van der Waals surface area (Å²) in [5, 5.41) is 2.88. The second kappa shape index (κ2) is 8.04. The Labute approximate surface area is 148 Å². The molecule has 1 unspecified atom stereocenters. The number of halogens is 1. The predicted octanol–water partition coefficient (Wildman–Crippen LogP) is 3.25. The third-order valence-corrected chi connectivity index (χ3v) is 3.82. The molecule has 0 aliphatic carbocycles. The van der Waals surface area contributed by atoms with Crippen LogP contribution in [0.3, 0.4) is 0 Å². The first-order chi connectivity index (χ1) is 10.9. The van der Waals surface area contributed by atoms with Gasteiger partial charge in [-0.1, -0.05) is 30.3 Å². The number of aryl methyl sites for hydroxylation is 1. The number of rotatable bonds is 5. The largest absolute Gasteiger partial charge is 0.493 e. The van der Waals surface area contributed by atoms with Crippen molar-refractivity contribution >= 4 is 24.0 Å². The summed E-state index contributed by atoms with van der Waals surface area (Å²) in [6, 6.07) is 12.8. The lowest BCUT2D eigenvalue weighted by molar-refractivity contribution is -0.120.